The topological polar surface area (TPSA) is 111 Å². The number of rotatable bonds is 20. The van der Waals surface area contributed by atoms with E-state index in [0.717, 1.165) is 93.5 Å². The van der Waals surface area contributed by atoms with Crippen molar-refractivity contribution in [1.29, 1.82) is 0 Å². The molecular weight excluding hydrogens is 679 g/mol. The summed E-state index contributed by atoms with van der Waals surface area (Å²) >= 11 is 0. The highest BCUT2D eigenvalue weighted by atomic mass is 35.5. The molecule has 49 heavy (non-hydrogen) atoms. The van der Waals surface area contributed by atoms with Gasteiger partial charge in [-0.25, -0.2) is 0 Å². The number of nitrogens with one attached hydrogen (secondary N) is 1. The fraction of sp³-hybridized carbons (Fsp3) is 0.897. The Morgan fingerprint density at radius 3 is 2.31 bits per heavy atom. The minimum atomic E-state index is -0.209. The monoisotopic (exact) mass is 750 g/mol. The number of nitrogens with two attached hydrogens (primary N) is 2. The van der Waals surface area contributed by atoms with Gasteiger partial charge in [-0.1, -0.05) is 64.5 Å². The zero-order chi connectivity index (χ0) is 32.9. The molecule has 0 radical (unpaired) electrons. The summed E-state index contributed by atoms with van der Waals surface area (Å²) in [5.41, 5.74) is 12.9. The van der Waals surface area contributed by atoms with Crippen molar-refractivity contribution in [2.75, 3.05) is 39.3 Å². The molecular formula is C39H73Cl3N4O3. The van der Waals surface area contributed by atoms with Crippen molar-refractivity contribution >= 4 is 49.1 Å². The summed E-state index contributed by atoms with van der Waals surface area (Å²) in [5, 5.41) is 3.40. The molecule has 288 valence electrons. The van der Waals surface area contributed by atoms with Crippen LogP contribution in [0.15, 0.2) is 11.6 Å². The predicted octanol–water partition coefficient (Wildman–Crippen LogP) is 8.10. The van der Waals surface area contributed by atoms with Gasteiger partial charge in [-0.2, -0.15) is 0 Å². The van der Waals surface area contributed by atoms with E-state index < -0.39 is 0 Å². The van der Waals surface area contributed by atoms with Crippen molar-refractivity contribution in [3.05, 3.63) is 11.6 Å². The number of hydrogen-bond acceptors (Lipinski definition) is 6. The Bertz CT molecular complexity index is 970. The van der Waals surface area contributed by atoms with Crippen molar-refractivity contribution in [1.82, 2.24) is 10.2 Å². The lowest BCUT2D eigenvalue weighted by Gasteiger charge is -2.53. The van der Waals surface area contributed by atoms with Gasteiger partial charge >= 0.3 is 5.97 Å². The first-order valence-corrected chi connectivity index (χ1v) is 19.6. The van der Waals surface area contributed by atoms with Gasteiger partial charge in [0.25, 0.3) is 0 Å². The Morgan fingerprint density at radius 1 is 0.837 bits per heavy atom. The van der Waals surface area contributed by atoms with E-state index in [1.165, 1.54) is 51.4 Å². The molecule has 0 aromatic heterocycles. The smallest absolute Gasteiger partial charge is 0.306 e. The fourth-order valence-corrected chi connectivity index (χ4v) is 9.84. The van der Waals surface area contributed by atoms with Gasteiger partial charge < -0.3 is 26.4 Å². The van der Waals surface area contributed by atoms with Crippen LogP contribution in [0.1, 0.15) is 130 Å². The molecule has 0 aromatic rings. The number of esters is 1. The SMILES string of the molecule is CC(C)CCC[C@@H](C)C1C=C2CC(OC(=O)CCC(=O)N(CCCN)CCCCNCCCN)CCC2C2CCC3CCCC3C21.Cl.Cl.Cl. The Balaban J connectivity index is 0.00000400. The first-order chi connectivity index (χ1) is 22.3. The number of carbonyl (C=O) groups excluding carboxylic acids is 2. The standard InChI is InChI=1S/C39H70N4O3.3ClH/c1-28(2)10-6-11-29(3)36-27-31-26-32(15-17-33(31)35-16-14-30-12-7-13-34(30)39(35)36)46-38(45)19-18-37(44)43(25-9-21-41)24-5-4-22-42-23-8-20-40;;;/h27-30,32-36,39,42H,4-26,40-41H2,1-3H3;3*1H/t29-,30?,32?,33?,34?,35?,36?,39?;;;/m1.../s1. The number of fused-ring (bicyclic) bond motifs is 5. The van der Waals surface area contributed by atoms with E-state index >= 15 is 0 Å². The summed E-state index contributed by atoms with van der Waals surface area (Å²) in [4.78, 5) is 28.0. The number of carbonyl (C=O) groups is 2. The van der Waals surface area contributed by atoms with Crippen molar-refractivity contribution in [2.45, 2.75) is 136 Å². The molecule has 0 saturated heterocycles. The average Bonchev–Trinajstić information content (AvgIpc) is 3.53. The summed E-state index contributed by atoms with van der Waals surface area (Å²) in [6.07, 6.45) is 21.0. The highest BCUT2D eigenvalue weighted by molar-refractivity contribution is 5.86. The van der Waals surface area contributed by atoms with Crippen LogP contribution in [-0.4, -0.2) is 62.1 Å². The molecule has 0 heterocycles. The fourth-order valence-electron chi connectivity index (χ4n) is 9.84. The Labute approximate surface area is 318 Å². The normalized spacial score (nSPS) is 27.6. The molecule has 4 rings (SSSR count). The molecule has 0 bridgehead atoms. The highest BCUT2D eigenvalue weighted by Crippen LogP contribution is 2.59. The average molecular weight is 752 g/mol. The molecule has 3 fully saturated rings. The van der Waals surface area contributed by atoms with Gasteiger partial charge in [-0.05, 0) is 131 Å². The number of nitrogens with zero attached hydrogens (tertiary/aromatic N) is 1. The highest BCUT2D eigenvalue weighted by Gasteiger charge is 2.51. The number of allylic oxidation sites excluding steroid dienone is 1. The quantitative estimate of drug-likeness (QED) is 0.0659. The van der Waals surface area contributed by atoms with Crippen LogP contribution >= 0.6 is 37.2 Å². The van der Waals surface area contributed by atoms with E-state index in [-0.39, 0.29) is 68.0 Å². The largest absolute Gasteiger partial charge is 0.462 e. The summed E-state index contributed by atoms with van der Waals surface area (Å²) in [7, 11) is 0. The van der Waals surface area contributed by atoms with Crippen molar-refractivity contribution in [3.63, 3.8) is 0 Å². The van der Waals surface area contributed by atoms with Crippen molar-refractivity contribution < 1.29 is 14.3 Å². The van der Waals surface area contributed by atoms with Gasteiger partial charge in [0.15, 0.2) is 0 Å². The zero-order valence-electron chi connectivity index (χ0n) is 31.1. The summed E-state index contributed by atoms with van der Waals surface area (Å²) in [6.45, 7) is 11.7. The minimum absolute atomic E-state index is 0. The van der Waals surface area contributed by atoms with Crippen LogP contribution in [0, 0.1) is 47.3 Å². The molecule has 0 spiro atoms. The number of ether oxygens (including phenoxy) is 1. The number of halogens is 3. The van der Waals surface area contributed by atoms with Crippen LogP contribution in [0.5, 0.6) is 0 Å². The molecule has 4 aliphatic carbocycles. The second kappa shape index (κ2) is 24.6. The van der Waals surface area contributed by atoms with Gasteiger partial charge in [-0.15, -0.1) is 37.2 Å². The van der Waals surface area contributed by atoms with E-state index in [9.17, 15) is 9.59 Å². The maximum atomic E-state index is 13.1. The van der Waals surface area contributed by atoms with Crippen LogP contribution in [0.2, 0.25) is 0 Å². The minimum Gasteiger partial charge on any atom is -0.462 e. The lowest BCUT2D eigenvalue weighted by molar-refractivity contribution is -0.152. The van der Waals surface area contributed by atoms with Gasteiger partial charge in [0.05, 0.1) is 6.42 Å². The second-order valence-electron chi connectivity index (χ2n) is 15.9. The van der Waals surface area contributed by atoms with Crippen LogP contribution in [0.4, 0.5) is 0 Å². The van der Waals surface area contributed by atoms with E-state index in [1.807, 2.05) is 4.90 Å². The van der Waals surface area contributed by atoms with Gasteiger partial charge in [0.2, 0.25) is 5.91 Å². The van der Waals surface area contributed by atoms with Crippen molar-refractivity contribution in [3.8, 4) is 0 Å². The Morgan fingerprint density at radius 2 is 1.57 bits per heavy atom. The first kappa shape index (κ1) is 46.5. The third-order valence-corrected chi connectivity index (χ3v) is 12.2. The molecule has 7 unspecified atom stereocenters. The molecule has 4 aliphatic rings. The Kier molecular flexibility index (Phi) is 23.3. The van der Waals surface area contributed by atoms with Gasteiger partial charge in [0.1, 0.15) is 6.10 Å². The number of hydrogen-bond donors (Lipinski definition) is 3. The molecule has 0 aliphatic heterocycles. The molecule has 5 N–H and O–H groups in total. The van der Waals surface area contributed by atoms with Gasteiger partial charge in [0, 0.05) is 25.9 Å². The van der Waals surface area contributed by atoms with Crippen LogP contribution in [0.3, 0.4) is 0 Å². The second-order valence-corrected chi connectivity index (χ2v) is 15.9. The van der Waals surface area contributed by atoms with E-state index in [0.29, 0.717) is 38.0 Å². The summed E-state index contributed by atoms with van der Waals surface area (Å²) in [5.74, 6) is 6.30. The number of amides is 1. The van der Waals surface area contributed by atoms with Crippen LogP contribution < -0.4 is 16.8 Å². The lowest BCUT2D eigenvalue weighted by atomic mass is 9.52. The Hall–Kier alpha value is -0.570. The molecule has 7 nitrogen and oxygen atoms in total. The van der Waals surface area contributed by atoms with Crippen molar-refractivity contribution in [2.24, 2.45) is 58.8 Å². The maximum absolute atomic E-state index is 13.1. The molecule has 10 heteroatoms. The summed E-state index contributed by atoms with van der Waals surface area (Å²) in [6, 6.07) is 0. The molecule has 3 saturated carbocycles. The predicted molar refractivity (Wildman–Crippen MR) is 211 cm³/mol. The number of unbranched alkanes of at least 4 members (excludes halogenated alkanes) is 1. The zero-order valence-corrected chi connectivity index (χ0v) is 33.5. The molecule has 8 atom stereocenters. The molecule has 0 aromatic carbocycles. The third kappa shape index (κ3) is 14.1. The summed E-state index contributed by atoms with van der Waals surface area (Å²) < 4.78 is 6.10. The van der Waals surface area contributed by atoms with Crippen LogP contribution in [-0.2, 0) is 14.3 Å². The third-order valence-electron chi connectivity index (χ3n) is 12.2. The molecule has 1 amide bonds. The van der Waals surface area contributed by atoms with E-state index in [2.05, 4.69) is 32.2 Å². The van der Waals surface area contributed by atoms with Crippen LogP contribution in [0.25, 0.3) is 0 Å². The maximum Gasteiger partial charge on any atom is 0.306 e. The first-order valence-electron chi connectivity index (χ1n) is 19.6. The van der Waals surface area contributed by atoms with E-state index in [4.69, 9.17) is 16.2 Å². The lowest BCUT2D eigenvalue weighted by Crippen LogP contribution is -2.46. The van der Waals surface area contributed by atoms with Gasteiger partial charge in [-0.3, -0.25) is 9.59 Å². The van der Waals surface area contributed by atoms with E-state index in [1.54, 1.807) is 5.57 Å².